The number of carbonyl (C=O) groups is 4. The Morgan fingerprint density at radius 2 is 1.89 bits per heavy atom. The van der Waals surface area contributed by atoms with Gasteiger partial charge in [-0.25, -0.2) is 4.79 Å². The summed E-state index contributed by atoms with van der Waals surface area (Å²) in [5.41, 5.74) is 1.28. The quantitative estimate of drug-likeness (QED) is 0.568. The number of nitrogens with one attached hydrogen (secondary N) is 1. The van der Waals surface area contributed by atoms with Gasteiger partial charge in [0.1, 0.15) is 6.54 Å². The first kappa shape index (κ1) is 18.7. The van der Waals surface area contributed by atoms with Crippen molar-refractivity contribution in [1.82, 2.24) is 15.2 Å². The number of rotatable bonds is 5. The summed E-state index contributed by atoms with van der Waals surface area (Å²) in [6, 6.07) is 7.74. The molecule has 2 heterocycles. The predicted molar refractivity (Wildman–Crippen MR) is 96.9 cm³/mol. The van der Waals surface area contributed by atoms with E-state index in [4.69, 9.17) is 0 Å². The highest BCUT2D eigenvalue weighted by Crippen LogP contribution is 2.25. The summed E-state index contributed by atoms with van der Waals surface area (Å²) in [6.45, 7) is -0.362. The lowest BCUT2D eigenvalue weighted by Crippen LogP contribution is -2.40. The number of nitrogens with zero attached hydrogens (tertiary/aromatic N) is 2. The number of carbonyl (C=O) groups excluding carboxylic acids is 4. The molecule has 27 heavy (non-hydrogen) atoms. The highest BCUT2D eigenvalue weighted by atomic mass is 79.9. The molecule has 0 radical (unpaired) electrons. The fourth-order valence-electron chi connectivity index (χ4n) is 2.61. The van der Waals surface area contributed by atoms with Gasteiger partial charge in [0.15, 0.2) is 0 Å². The standard InChI is InChI=1S/C18H14BrN3O5/c1-27-18(26)10-4-5-20-12(6-10)8-21-15(23)9-22-16(24)13-3-2-11(19)7-14(13)17(22)25/h2-7H,8-9H2,1H3,(H,21,23). The Labute approximate surface area is 162 Å². The van der Waals surface area contributed by atoms with E-state index in [1.54, 1.807) is 18.2 Å². The van der Waals surface area contributed by atoms with E-state index in [0.717, 1.165) is 4.90 Å². The van der Waals surface area contributed by atoms with Gasteiger partial charge in [-0.15, -0.1) is 0 Å². The lowest BCUT2D eigenvalue weighted by molar-refractivity contribution is -0.121. The normalized spacial score (nSPS) is 12.7. The molecule has 0 saturated heterocycles. The van der Waals surface area contributed by atoms with Gasteiger partial charge in [0, 0.05) is 10.7 Å². The van der Waals surface area contributed by atoms with Crippen LogP contribution in [0.2, 0.25) is 0 Å². The van der Waals surface area contributed by atoms with E-state index in [2.05, 4.69) is 31.0 Å². The number of aromatic nitrogens is 1. The maximum absolute atomic E-state index is 12.4. The van der Waals surface area contributed by atoms with Crippen LogP contribution in [0.25, 0.3) is 0 Å². The van der Waals surface area contributed by atoms with Gasteiger partial charge in [0.2, 0.25) is 5.91 Å². The van der Waals surface area contributed by atoms with Gasteiger partial charge in [-0.1, -0.05) is 15.9 Å². The molecule has 138 valence electrons. The van der Waals surface area contributed by atoms with Gasteiger partial charge < -0.3 is 10.1 Å². The van der Waals surface area contributed by atoms with Crippen LogP contribution in [0.1, 0.15) is 36.8 Å². The predicted octanol–water partition coefficient (Wildman–Crippen LogP) is 1.54. The molecule has 0 bridgehead atoms. The minimum atomic E-state index is -0.520. The van der Waals surface area contributed by atoms with Crippen LogP contribution >= 0.6 is 15.9 Å². The van der Waals surface area contributed by atoms with Crippen molar-refractivity contribution in [2.75, 3.05) is 13.7 Å². The Balaban J connectivity index is 1.63. The molecule has 0 unspecified atom stereocenters. The number of methoxy groups -OCH3 is 1. The molecule has 1 N–H and O–H groups in total. The highest BCUT2D eigenvalue weighted by Gasteiger charge is 2.36. The van der Waals surface area contributed by atoms with Crippen molar-refractivity contribution in [1.29, 1.82) is 0 Å². The molecular weight excluding hydrogens is 418 g/mol. The third-order valence-electron chi connectivity index (χ3n) is 3.94. The second-order valence-corrected chi connectivity index (χ2v) is 6.61. The number of ether oxygens (including phenoxy) is 1. The van der Waals surface area contributed by atoms with Crippen LogP contribution in [0.5, 0.6) is 0 Å². The van der Waals surface area contributed by atoms with E-state index in [1.165, 1.54) is 25.4 Å². The Morgan fingerprint density at radius 3 is 2.63 bits per heavy atom. The topological polar surface area (TPSA) is 106 Å². The Bertz CT molecular complexity index is 960. The number of esters is 1. The van der Waals surface area contributed by atoms with Crippen LogP contribution in [0.15, 0.2) is 41.0 Å². The zero-order valence-electron chi connectivity index (χ0n) is 14.2. The van der Waals surface area contributed by atoms with Crippen molar-refractivity contribution in [3.8, 4) is 0 Å². The van der Waals surface area contributed by atoms with Crippen molar-refractivity contribution in [3.63, 3.8) is 0 Å². The second-order valence-electron chi connectivity index (χ2n) is 5.69. The van der Waals surface area contributed by atoms with Crippen LogP contribution in [-0.2, 0) is 16.1 Å². The Morgan fingerprint density at radius 1 is 1.15 bits per heavy atom. The number of hydrogen-bond donors (Lipinski definition) is 1. The van der Waals surface area contributed by atoms with E-state index >= 15 is 0 Å². The maximum Gasteiger partial charge on any atom is 0.337 e. The largest absolute Gasteiger partial charge is 0.465 e. The van der Waals surface area contributed by atoms with E-state index in [9.17, 15) is 19.2 Å². The van der Waals surface area contributed by atoms with Crippen LogP contribution in [0, 0.1) is 0 Å². The number of imide groups is 1. The molecule has 1 aromatic heterocycles. The van der Waals surface area contributed by atoms with Crippen LogP contribution in [0.4, 0.5) is 0 Å². The minimum absolute atomic E-state index is 0.0401. The van der Waals surface area contributed by atoms with Crippen molar-refractivity contribution < 1.29 is 23.9 Å². The van der Waals surface area contributed by atoms with Gasteiger partial charge in [-0.2, -0.15) is 0 Å². The summed E-state index contributed by atoms with van der Waals surface area (Å²) < 4.78 is 5.30. The van der Waals surface area contributed by atoms with Gasteiger partial charge >= 0.3 is 5.97 Å². The number of halogens is 1. The minimum Gasteiger partial charge on any atom is -0.465 e. The molecule has 1 aromatic carbocycles. The molecule has 0 aliphatic carbocycles. The SMILES string of the molecule is COC(=O)c1ccnc(CNC(=O)CN2C(=O)c3ccc(Br)cc3C2=O)c1. The van der Waals surface area contributed by atoms with Gasteiger partial charge in [0.05, 0.1) is 36.0 Å². The van der Waals surface area contributed by atoms with E-state index in [-0.39, 0.29) is 17.7 Å². The molecule has 0 atom stereocenters. The van der Waals surface area contributed by atoms with Crippen molar-refractivity contribution >= 4 is 39.6 Å². The first-order valence-corrected chi connectivity index (χ1v) is 8.65. The molecule has 1 aliphatic rings. The summed E-state index contributed by atoms with van der Waals surface area (Å²) in [5, 5.41) is 2.58. The van der Waals surface area contributed by atoms with Crippen LogP contribution in [-0.4, -0.2) is 47.2 Å². The van der Waals surface area contributed by atoms with E-state index in [1.807, 2.05) is 0 Å². The number of fused-ring (bicyclic) bond motifs is 1. The molecule has 3 amide bonds. The number of benzene rings is 1. The molecule has 9 heteroatoms. The maximum atomic E-state index is 12.4. The molecule has 3 rings (SSSR count). The first-order chi connectivity index (χ1) is 12.9. The summed E-state index contributed by atoms with van der Waals surface area (Å²) in [5.74, 6) is -2.06. The Kier molecular flexibility index (Phi) is 5.31. The molecule has 8 nitrogen and oxygen atoms in total. The molecular formula is C18H14BrN3O5. The first-order valence-electron chi connectivity index (χ1n) is 7.86. The third kappa shape index (κ3) is 3.87. The second kappa shape index (κ2) is 7.67. The van der Waals surface area contributed by atoms with Crippen LogP contribution in [0.3, 0.4) is 0 Å². The van der Waals surface area contributed by atoms with E-state index < -0.39 is 30.2 Å². The van der Waals surface area contributed by atoms with Gasteiger partial charge in [0.25, 0.3) is 11.8 Å². The molecule has 0 fully saturated rings. The van der Waals surface area contributed by atoms with E-state index in [0.29, 0.717) is 15.7 Å². The van der Waals surface area contributed by atoms with Gasteiger partial charge in [-0.05, 0) is 30.3 Å². The van der Waals surface area contributed by atoms with Crippen molar-refractivity contribution in [2.45, 2.75) is 6.54 Å². The molecule has 2 aromatic rings. The smallest absolute Gasteiger partial charge is 0.337 e. The Hall–Kier alpha value is -3.07. The lowest BCUT2D eigenvalue weighted by Gasteiger charge is -2.13. The summed E-state index contributed by atoms with van der Waals surface area (Å²) in [7, 11) is 1.27. The van der Waals surface area contributed by atoms with Crippen LogP contribution < -0.4 is 5.32 Å². The summed E-state index contributed by atoms with van der Waals surface area (Å²) in [6.07, 6.45) is 1.43. The number of pyridine rings is 1. The monoisotopic (exact) mass is 431 g/mol. The average Bonchev–Trinajstić information content (AvgIpc) is 2.90. The van der Waals surface area contributed by atoms with Crippen molar-refractivity contribution in [2.24, 2.45) is 0 Å². The van der Waals surface area contributed by atoms with Crippen molar-refractivity contribution in [3.05, 3.63) is 63.4 Å². The summed E-state index contributed by atoms with van der Waals surface area (Å²) in [4.78, 5) is 53.3. The zero-order valence-corrected chi connectivity index (χ0v) is 15.8. The molecule has 0 saturated carbocycles. The lowest BCUT2D eigenvalue weighted by atomic mass is 10.1. The molecule has 1 aliphatic heterocycles. The molecule has 0 spiro atoms. The number of hydrogen-bond acceptors (Lipinski definition) is 6. The average molecular weight is 432 g/mol. The number of amides is 3. The zero-order chi connectivity index (χ0) is 19.6. The van der Waals surface area contributed by atoms with Gasteiger partial charge in [-0.3, -0.25) is 24.3 Å². The third-order valence-corrected chi connectivity index (χ3v) is 4.43. The fourth-order valence-corrected chi connectivity index (χ4v) is 2.98. The fraction of sp³-hybridized carbons (Fsp3) is 0.167. The summed E-state index contributed by atoms with van der Waals surface area (Å²) >= 11 is 3.25. The highest BCUT2D eigenvalue weighted by molar-refractivity contribution is 9.10.